The predicted octanol–water partition coefficient (Wildman–Crippen LogP) is 2.14. The molecule has 0 radical (unpaired) electrons. The van der Waals surface area contributed by atoms with Crippen LogP contribution in [0.3, 0.4) is 0 Å². The zero-order chi connectivity index (χ0) is 8.27. The SMILES string of the molecule is CC(O)c1ccc(N=O)cc1. The van der Waals surface area contributed by atoms with E-state index < -0.39 is 6.10 Å². The average Bonchev–Trinajstić information content (AvgIpc) is 2.05. The van der Waals surface area contributed by atoms with Gasteiger partial charge in [0.05, 0.1) is 6.10 Å². The summed E-state index contributed by atoms with van der Waals surface area (Å²) in [6, 6.07) is 6.52. The van der Waals surface area contributed by atoms with E-state index in [-0.39, 0.29) is 0 Å². The second-order valence-electron chi connectivity index (χ2n) is 2.36. The Labute approximate surface area is 64.7 Å². The minimum atomic E-state index is -0.490. The highest BCUT2D eigenvalue weighted by Gasteiger charge is 1.98. The third-order valence-electron chi connectivity index (χ3n) is 1.48. The summed E-state index contributed by atoms with van der Waals surface area (Å²) in [4.78, 5) is 9.98. The van der Waals surface area contributed by atoms with Crippen LogP contribution in [0.25, 0.3) is 0 Å². The molecule has 1 aromatic rings. The second kappa shape index (κ2) is 3.25. The van der Waals surface area contributed by atoms with E-state index in [0.29, 0.717) is 5.69 Å². The van der Waals surface area contributed by atoms with E-state index in [1.165, 1.54) is 0 Å². The quantitative estimate of drug-likeness (QED) is 0.658. The Bertz CT molecular complexity index is 241. The van der Waals surface area contributed by atoms with Crippen molar-refractivity contribution in [3.05, 3.63) is 34.7 Å². The highest BCUT2D eigenvalue weighted by Crippen LogP contribution is 2.16. The van der Waals surface area contributed by atoms with E-state index in [0.717, 1.165) is 5.56 Å². The van der Waals surface area contributed by atoms with Gasteiger partial charge in [0.2, 0.25) is 0 Å². The first kappa shape index (κ1) is 7.88. The van der Waals surface area contributed by atoms with Crippen LogP contribution in [-0.2, 0) is 0 Å². The Hall–Kier alpha value is -1.22. The molecule has 11 heavy (non-hydrogen) atoms. The molecule has 0 saturated heterocycles. The summed E-state index contributed by atoms with van der Waals surface area (Å²) in [6.45, 7) is 1.67. The number of hydrogen-bond donors (Lipinski definition) is 1. The molecule has 3 heteroatoms. The molecule has 0 fully saturated rings. The van der Waals surface area contributed by atoms with Crippen molar-refractivity contribution >= 4 is 5.69 Å². The zero-order valence-electron chi connectivity index (χ0n) is 6.19. The monoisotopic (exact) mass is 151 g/mol. The lowest BCUT2D eigenvalue weighted by atomic mass is 10.1. The van der Waals surface area contributed by atoms with E-state index in [9.17, 15) is 4.91 Å². The largest absolute Gasteiger partial charge is 0.389 e. The van der Waals surface area contributed by atoms with Crippen LogP contribution in [0.2, 0.25) is 0 Å². The van der Waals surface area contributed by atoms with Crippen LogP contribution in [0.5, 0.6) is 0 Å². The molecule has 1 unspecified atom stereocenters. The van der Waals surface area contributed by atoms with Gasteiger partial charge < -0.3 is 5.11 Å². The Morgan fingerprint density at radius 1 is 1.36 bits per heavy atom. The first-order chi connectivity index (χ1) is 5.24. The number of benzene rings is 1. The van der Waals surface area contributed by atoms with Gasteiger partial charge in [-0.05, 0) is 29.8 Å². The fourth-order valence-corrected chi connectivity index (χ4v) is 0.814. The van der Waals surface area contributed by atoms with Gasteiger partial charge in [-0.2, -0.15) is 0 Å². The van der Waals surface area contributed by atoms with Crippen molar-refractivity contribution in [2.75, 3.05) is 0 Å². The third kappa shape index (κ3) is 1.85. The summed E-state index contributed by atoms with van der Waals surface area (Å²) in [5, 5.41) is 11.8. The third-order valence-corrected chi connectivity index (χ3v) is 1.48. The van der Waals surface area contributed by atoms with Crippen molar-refractivity contribution in [3.8, 4) is 0 Å². The summed E-state index contributed by atoms with van der Waals surface area (Å²) < 4.78 is 0. The summed E-state index contributed by atoms with van der Waals surface area (Å²) in [5.74, 6) is 0. The van der Waals surface area contributed by atoms with Gasteiger partial charge in [0.15, 0.2) is 0 Å². The van der Waals surface area contributed by atoms with Crippen LogP contribution in [0, 0.1) is 4.91 Å². The molecule has 0 saturated carbocycles. The van der Waals surface area contributed by atoms with Crippen molar-refractivity contribution in [3.63, 3.8) is 0 Å². The van der Waals surface area contributed by atoms with Gasteiger partial charge >= 0.3 is 0 Å². The van der Waals surface area contributed by atoms with E-state index in [2.05, 4.69) is 5.18 Å². The van der Waals surface area contributed by atoms with Gasteiger partial charge in [0.1, 0.15) is 5.69 Å². The van der Waals surface area contributed by atoms with E-state index in [1.54, 1.807) is 31.2 Å². The fraction of sp³-hybridized carbons (Fsp3) is 0.250. The van der Waals surface area contributed by atoms with Crippen molar-refractivity contribution in [1.29, 1.82) is 0 Å². The molecule has 0 spiro atoms. The van der Waals surface area contributed by atoms with Gasteiger partial charge in [-0.25, -0.2) is 0 Å². The second-order valence-corrected chi connectivity index (χ2v) is 2.36. The molecular weight excluding hydrogens is 142 g/mol. The molecule has 0 aliphatic heterocycles. The lowest BCUT2D eigenvalue weighted by molar-refractivity contribution is 0.199. The molecule has 0 heterocycles. The number of nitrogens with zero attached hydrogens (tertiary/aromatic N) is 1. The first-order valence-electron chi connectivity index (χ1n) is 3.35. The Morgan fingerprint density at radius 3 is 2.27 bits per heavy atom. The molecule has 1 atom stereocenters. The molecule has 58 valence electrons. The van der Waals surface area contributed by atoms with E-state index >= 15 is 0 Å². The van der Waals surface area contributed by atoms with Crippen LogP contribution in [-0.4, -0.2) is 5.11 Å². The molecule has 0 aliphatic rings. The molecule has 1 aromatic carbocycles. The maximum absolute atomic E-state index is 9.98. The fourth-order valence-electron chi connectivity index (χ4n) is 0.814. The molecule has 0 amide bonds. The highest BCUT2D eigenvalue weighted by molar-refractivity contribution is 5.38. The van der Waals surface area contributed by atoms with E-state index in [4.69, 9.17) is 5.11 Å². The Morgan fingerprint density at radius 2 is 1.91 bits per heavy atom. The Balaban J connectivity index is 2.91. The van der Waals surface area contributed by atoms with Gasteiger partial charge in [-0.1, -0.05) is 12.1 Å². The zero-order valence-corrected chi connectivity index (χ0v) is 6.19. The van der Waals surface area contributed by atoms with Gasteiger partial charge in [0, 0.05) is 0 Å². The molecule has 0 aromatic heterocycles. The molecule has 1 N–H and O–H groups in total. The highest BCUT2D eigenvalue weighted by atomic mass is 16.3. The lowest BCUT2D eigenvalue weighted by Gasteiger charge is -2.02. The smallest absolute Gasteiger partial charge is 0.108 e. The molecule has 1 rings (SSSR count). The predicted molar refractivity (Wildman–Crippen MR) is 42.5 cm³/mol. The molecule has 3 nitrogen and oxygen atoms in total. The van der Waals surface area contributed by atoms with Crippen molar-refractivity contribution in [2.24, 2.45) is 5.18 Å². The van der Waals surface area contributed by atoms with Crippen LogP contribution >= 0.6 is 0 Å². The summed E-state index contributed by atoms with van der Waals surface area (Å²) in [5.41, 5.74) is 1.17. The molecular formula is C8H9NO2. The minimum Gasteiger partial charge on any atom is -0.389 e. The van der Waals surface area contributed by atoms with Crippen molar-refractivity contribution < 1.29 is 5.11 Å². The topological polar surface area (TPSA) is 49.7 Å². The first-order valence-corrected chi connectivity index (χ1v) is 3.35. The number of hydrogen-bond acceptors (Lipinski definition) is 3. The normalized spacial score (nSPS) is 12.5. The average molecular weight is 151 g/mol. The maximum Gasteiger partial charge on any atom is 0.108 e. The van der Waals surface area contributed by atoms with Crippen LogP contribution in [0.15, 0.2) is 29.4 Å². The van der Waals surface area contributed by atoms with Crippen LogP contribution in [0.1, 0.15) is 18.6 Å². The van der Waals surface area contributed by atoms with Crippen molar-refractivity contribution in [2.45, 2.75) is 13.0 Å². The Kier molecular flexibility index (Phi) is 2.33. The standard InChI is InChI=1S/C8H9NO2/c1-6(10)7-2-4-8(9-11)5-3-7/h2-6,10H,1H3. The molecule has 0 aliphatic carbocycles. The van der Waals surface area contributed by atoms with Gasteiger partial charge in [-0.3, -0.25) is 0 Å². The molecule has 0 bridgehead atoms. The van der Waals surface area contributed by atoms with Gasteiger partial charge in [0.25, 0.3) is 0 Å². The number of rotatable bonds is 2. The minimum absolute atomic E-state index is 0.384. The van der Waals surface area contributed by atoms with Crippen LogP contribution < -0.4 is 0 Å². The lowest BCUT2D eigenvalue weighted by Crippen LogP contribution is -1.88. The number of aliphatic hydroxyl groups excluding tert-OH is 1. The van der Waals surface area contributed by atoms with E-state index in [1.807, 2.05) is 0 Å². The summed E-state index contributed by atoms with van der Waals surface area (Å²) in [7, 11) is 0. The summed E-state index contributed by atoms with van der Waals surface area (Å²) in [6.07, 6.45) is -0.490. The van der Waals surface area contributed by atoms with Crippen molar-refractivity contribution in [1.82, 2.24) is 0 Å². The van der Waals surface area contributed by atoms with Crippen LogP contribution in [0.4, 0.5) is 5.69 Å². The summed E-state index contributed by atoms with van der Waals surface area (Å²) >= 11 is 0. The number of aliphatic hydroxyl groups is 1. The maximum atomic E-state index is 9.98. The number of nitroso groups, excluding NO2 is 1. The van der Waals surface area contributed by atoms with Gasteiger partial charge in [-0.15, -0.1) is 4.91 Å².